The summed E-state index contributed by atoms with van der Waals surface area (Å²) >= 11 is 1.50. The molecule has 0 aliphatic heterocycles. The normalized spacial score (nSPS) is 17.5. The summed E-state index contributed by atoms with van der Waals surface area (Å²) in [6.45, 7) is 5.79. The number of thiophene rings is 1. The minimum absolute atomic E-state index is 0.325. The average Bonchev–Trinajstić information content (AvgIpc) is 2.98. The lowest BCUT2D eigenvalue weighted by atomic mass is 9.90. The lowest BCUT2D eigenvalue weighted by Gasteiger charge is -2.16. The molecule has 0 saturated carbocycles. The van der Waals surface area contributed by atoms with Crippen molar-refractivity contribution >= 4 is 28.9 Å². The van der Waals surface area contributed by atoms with E-state index in [4.69, 9.17) is 4.74 Å². The molecule has 1 aromatic carbocycles. The number of benzene rings is 1. The van der Waals surface area contributed by atoms with Crippen LogP contribution in [0.4, 0.5) is 5.69 Å². The average molecular weight is 357 g/mol. The van der Waals surface area contributed by atoms with Crippen LogP contribution in [0, 0.1) is 12.8 Å². The van der Waals surface area contributed by atoms with Gasteiger partial charge >= 0.3 is 5.97 Å². The van der Waals surface area contributed by atoms with Crippen molar-refractivity contribution in [2.45, 2.75) is 46.1 Å². The van der Waals surface area contributed by atoms with Crippen LogP contribution in [-0.2, 0) is 22.4 Å². The Balaban J connectivity index is 1.61. The largest absolute Gasteiger partial charge is 0.448 e. The maximum Gasteiger partial charge on any atom is 0.349 e. The van der Waals surface area contributed by atoms with Gasteiger partial charge in [0.25, 0.3) is 5.91 Å². The third kappa shape index (κ3) is 4.28. The molecule has 1 N–H and O–H groups in total. The Labute approximate surface area is 152 Å². The number of esters is 1. The monoisotopic (exact) mass is 357 g/mol. The van der Waals surface area contributed by atoms with Crippen molar-refractivity contribution in [2.24, 2.45) is 5.92 Å². The summed E-state index contributed by atoms with van der Waals surface area (Å²) in [5, 5.41) is 2.78. The number of anilines is 1. The molecule has 5 heteroatoms. The summed E-state index contributed by atoms with van der Waals surface area (Å²) in [6, 6.07) is 9.45. The van der Waals surface area contributed by atoms with E-state index in [1.165, 1.54) is 21.8 Å². The maximum absolute atomic E-state index is 12.4. The smallest absolute Gasteiger partial charge is 0.349 e. The third-order valence-corrected chi connectivity index (χ3v) is 5.69. The number of ether oxygens (including phenoxy) is 1. The van der Waals surface area contributed by atoms with Gasteiger partial charge < -0.3 is 10.1 Å². The molecule has 132 valence electrons. The van der Waals surface area contributed by atoms with E-state index in [0.29, 0.717) is 16.5 Å². The van der Waals surface area contributed by atoms with Crippen LogP contribution >= 0.6 is 11.3 Å². The minimum atomic E-state index is -0.842. The number of hydrogen-bond donors (Lipinski definition) is 1. The van der Waals surface area contributed by atoms with Crippen LogP contribution in [0.15, 0.2) is 30.3 Å². The van der Waals surface area contributed by atoms with E-state index in [2.05, 4.69) is 12.2 Å². The minimum Gasteiger partial charge on any atom is -0.448 e. The second-order valence-electron chi connectivity index (χ2n) is 6.81. The molecule has 0 spiro atoms. The lowest BCUT2D eigenvalue weighted by Crippen LogP contribution is -2.29. The number of nitrogens with one attached hydrogen (secondary N) is 1. The van der Waals surface area contributed by atoms with Crippen LogP contribution in [-0.4, -0.2) is 18.0 Å². The maximum atomic E-state index is 12.4. The first-order valence-corrected chi connectivity index (χ1v) is 9.44. The molecule has 0 saturated heterocycles. The van der Waals surface area contributed by atoms with Gasteiger partial charge in [-0.1, -0.05) is 19.1 Å². The molecule has 1 aliphatic carbocycles. The fourth-order valence-electron chi connectivity index (χ4n) is 3.05. The van der Waals surface area contributed by atoms with Gasteiger partial charge in [0.15, 0.2) is 6.10 Å². The highest BCUT2D eigenvalue weighted by molar-refractivity contribution is 7.14. The summed E-state index contributed by atoms with van der Waals surface area (Å²) in [5.74, 6) is -0.0853. The molecule has 0 fully saturated rings. The van der Waals surface area contributed by atoms with Crippen molar-refractivity contribution in [3.05, 3.63) is 51.2 Å². The van der Waals surface area contributed by atoms with Gasteiger partial charge in [0.05, 0.1) is 0 Å². The standard InChI is InChI=1S/C20H23NO3S/c1-12-5-4-6-16(10-12)21-19(22)14(3)24-20(23)18-11-15-9-13(2)7-8-17(15)25-18/h4-6,10-11,13-14H,7-9H2,1-3H3,(H,21,22)/t13-,14-/m1/s1. The molecule has 1 heterocycles. The lowest BCUT2D eigenvalue weighted by molar-refractivity contribution is -0.123. The number of hydrogen-bond acceptors (Lipinski definition) is 4. The highest BCUT2D eigenvalue weighted by Crippen LogP contribution is 2.32. The van der Waals surface area contributed by atoms with Crippen molar-refractivity contribution in [2.75, 3.05) is 5.32 Å². The molecule has 4 nitrogen and oxygen atoms in total. The zero-order valence-electron chi connectivity index (χ0n) is 14.8. The molecular formula is C20H23NO3S. The van der Waals surface area contributed by atoms with Crippen LogP contribution in [0.5, 0.6) is 0 Å². The Morgan fingerprint density at radius 2 is 2.12 bits per heavy atom. The van der Waals surface area contributed by atoms with Crippen molar-refractivity contribution in [1.82, 2.24) is 0 Å². The fraction of sp³-hybridized carbons (Fsp3) is 0.400. The summed E-state index contributed by atoms with van der Waals surface area (Å²) < 4.78 is 5.36. The number of carbonyl (C=O) groups is 2. The van der Waals surface area contributed by atoms with Gasteiger partial charge in [0.2, 0.25) is 0 Å². The quantitative estimate of drug-likeness (QED) is 0.827. The van der Waals surface area contributed by atoms with Crippen molar-refractivity contribution < 1.29 is 14.3 Å². The predicted octanol–water partition coefficient (Wildman–Crippen LogP) is 4.37. The molecule has 1 amide bonds. The molecular weight excluding hydrogens is 334 g/mol. The summed E-state index contributed by atoms with van der Waals surface area (Å²) in [7, 11) is 0. The molecule has 1 aliphatic rings. The van der Waals surface area contributed by atoms with E-state index in [9.17, 15) is 9.59 Å². The first-order chi connectivity index (χ1) is 11.9. The van der Waals surface area contributed by atoms with Gasteiger partial charge in [-0.15, -0.1) is 11.3 Å². The highest BCUT2D eigenvalue weighted by atomic mass is 32.1. The van der Waals surface area contributed by atoms with Gasteiger partial charge in [-0.25, -0.2) is 4.79 Å². The number of amides is 1. The Kier molecular flexibility index (Phi) is 5.23. The van der Waals surface area contributed by atoms with E-state index in [0.717, 1.165) is 24.8 Å². The SMILES string of the molecule is Cc1cccc(NC(=O)[C@@H](C)OC(=O)c2cc3c(s2)CC[C@@H](C)C3)c1. The Morgan fingerprint density at radius 3 is 2.88 bits per heavy atom. The van der Waals surface area contributed by atoms with Crippen LogP contribution < -0.4 is 5.32 Å². The number of carbonyl (C=O) groups excluding carboxylic acids is 2. The van der Waals surface area contributed by atoms with Crippen molar-refractivity contribution in [3.63, 3.8) is 0 Å². The van der Waals surface area contributed by atoms with E-state index in [-0.39, 0.29) is 5.91 Å². The van der Waals surface area contributed by atoms with E-state index in [1.807, 2.05) is 37.3 Å². The molecule has 3 rings (SSSR count). The van der Waals surface area contributed by atoms with Crippen LogP contribution in [0.3, 0.4) is 0 Å². The topological polar surface area (TPSA) is 55.4 Å². The number of aryl methyl sites for hydroxylation is 2. The van der Waals surface area contributed by atoms with Crippen LogP contribution in [0.2, 0.25) is 0 Å². The van der Waals surface area contributed by atoms with Gasteiger partial charge in [0.1, 0.15) is 4.88 Å². The summed E-state index contributed by atoms with van der Waals surface area (Å²) in [5.41, 5.74) is 3.02. The first kappa shape index (κ1) is 17.7. The number of fused-ring (bicyclic) bond motifs is 1. The summed E-state index contributed by atoms with van der Waals surface area (Å²) in [6.07, 6.45) is 2.36. The first-order valence-electron chi connectivity index (χ1n) is 8.62. The zero-order valence-corrected chi connectivity index (χ0v) is 15.6. The molecule has 2 aromatic rings. The molecule has 0 radical (unpaired) electrons. The number of rotatable bonds is 4. The predicted molar refractivity (Wildman–Crippen MR) is 100 cm³/mol. The Morgan fingerprint density at radius 1 is 1.32 bits per heavy atom. The van der Waals surface area contributed by atoms with Gasteiger partial charge in [0, 0.05) is 10.6 Å². The second kappa shape index (κ2) is 7.40. The van der Waals surface area contributed by atoms with Gasteiger partial charge in [-0.2, -0.15) is 0 Å². The van der Waals surface area contributed by atoms with Crippen LogP contribution in [0.25, 0.3) is 0 Å². The van der Waals surface area contributed by atoms with E-state index >= 15 is 0 Å². The molecule has 0 bridgehead atoms. The highest BCUT2D eigenvalue weighted by Gasteiger charge is 2.24. The fourth-order valence-corrected chi connectivity index (χ4v) is 4.14. The third-order valence-electron chi connectivity index (χ3n) is 4.47. The second-order valence-corrected chi connectivity index (χ2v) is 7.95. The van der Waals surface area contributed by atoms with E-state index in [1.54, 1.807) is 6.92 Å². The van der Waals surface area contributed by atoms with Gasteiger partial charge in [-0.3, -0.25) is 4.79 Å². The van der Waals surface area contributed by atoms with Gasteiger partial charge in [-0.05, 0) is 68.4 Å². The molecule has 2 atom stereocenters. The summed E-state index contributed by atoms with van der Waals surface area (Å²) in [4.78, 5) is 26.5. The molecule has 0 unspecified atom stereocenters. The van der Waals surface area contributed by atoms with Crippen molar-refractivity contribution in [1.29, 1.82) is 0 Å². The zero-order chi connectivity index (χ0) is 18.0. The van der Waals surface area contributed by atoms with Crippen LogP contribution in [0.1, 0.15) is 45.9 Å². The molecule has 25 heavy (non-hydrogen) atoms. The van der Waals surface area contributed by atoms with E-state index < -0.39 is 12.1 Å². The Hall–Kier alpha value is -2.14. The molecule has 1 aromatic heterocycles. The Bertz CT molecular complexity index is 796. The van der Waals surface area contributed by atoms with Crippen molar-refractivity contribution in [3.8, 4) is 0 Å².